The first kappa shape index (κ1) is 19.1. The van der Waals surface area contributed by atoms with E-state index in [9.17, 15) is 5.11 Å². The summed E-state index contributed by atoms with van der Waals surface area (Å²) < 4.78 is 17.0. The van der Waals surface area contributed by atoms with Gasteiger partial charge in [-0.15, -0.1) is 0 Å². The first-order valence-electron chi connectivity index (χ1n) is 9.48. The Morgan fingerprint density at radius 1 is 1.27 bits per heavy atom. The highest BCUT2D eigenvalue weighted by Gasteiger charge is 2.34. The normalized spacial score (nSPS) is 22.8. The van der Waals surface area contributed by atoms with Crippen molar-refractivity contribution in [2.24, 2.45) is 5.41 Å². The van der Waals surface area contributed by atoms with Gasteiger partial charge in [0.25, 0.3) is 0 Å². The maximum atomic E-state index is 10.1. The van der Waals surface area contributed by atoms with Gasteiger partial charge in [-0.05, 0) is 45.7 Å². The van der Waals surface area contributed by atoms with Crippen LogP contribution in [0.4, 0.5) is 0 Å². The van der Waals surface area contributed by atoms with Gasteiger partial charge in [0.15, 0.2) is 11.5 Å². The number of aliphatic hydroxyl groups is 1. The molecule has 0 spiro atoms. The number of hydrogen-bond acceptors (Lipinski definition) is 5. The molecule has 1 N–H and O–H groups in total. The predicted octanol–water partition coefficient (Wildman–Crippen LogP) is 3.40. The van der Waals surface area contributed by atoms with Gasteiger partial charge in [-0.3, -0.25) is 4.90 Å². The van der Waals surface area contributed by atoms with Crippen LogP contribution in [-0.4, -0.2) is 50.0 Å². The zero-order chi connectivity index (χ0) is 18.6. The summed E-state index contributed by atoms with van der Waals surface area (Å²) in [4.78, 5) is 2.42. The molecule has 1 fully saturated rings. The van der Waals surface area contributed by atoms with E-state index in [2.05, 4.69) is 24.8 Å². The molecule has 0 unspecified atom stereocenters. The average molecular weight is 361 g/mol. The van der Waals surface area contributed by atoms with Crippen LogP contribution in [0.1, 0.15) is 38.7 Å². The van der Waals surface area contributed by atoms with Crippen LogP contribution >= 0.6 is 0 Å². The number of hydrogen-bond donors (Lipinski definition) is 1. The third kappa shape index (κ3) is 4.33. The van der Waals surface area contributed by atoms with Crippen molar-refractivity contribution in [2.75, 3.05) is 40.0 Å². The monoisotopic (exact) mass is 361 g/mol. The van der Waals surface area contributed by atoms with Gasteiger partial charge in [0.05, 0.1) is 13.7 Å². The number of piperidine rings is 1. The highest BCUT2D eigenvalue weighted by Crippen LogP contribution is 2.39. The summed E-state index contributed by atoms with van der Waals surface area (Å²) in [6, 6.07) is 3.97. The molecule has 1 aromatic rings. The van der Waals surface area contributed by atoms with Crippen molar-refractivity contribution in [1.82, 2.24) is 4.90 Å². The molecule has 26 heavy (non-hydrogen) atoms. The number of methoxy groups -OCH3 is 1. The molecule has 2 aliphatic heterocycles. The zero-order valence-electron chi connectivity index (χ0n) is 16.2. The van der Waals surface area contributed by atoms with Gasteiger partial charge < -0.3 is 19.3 Å². The van der Waals surface area contributed by atoms with Crippen molar-refractivity contribution in [3.05, 3.63) is 29.3 Å². The molecule has 3 rings (SSSR count). The van der Waals surface area contributed by atoms with E-state index in [1.54, 1.807) is 7.11 Å². The van der Waals surface area contributed by atoms with E-state index >= 15 is 0 Å². The van der Waals surface area contributed by atoms with E-state index in [0.29, 0.717) is 13.2 Å². The number of likely N-dealkylation sites (tertiary alicyclic amines) is 1. The second-order valence-corrected chi connectivity index (χ2v) is 7.77. The first-order chi connectivity index (χ1) is 12.5. The number of benzene rings is 1. The highest BCUT2D eigenvalue weighted by atomic mass is 16.6. The molecule has 1 saturated heterocycles. The second-order valence-electron chi connectivity index (χ2n) is 7.77. The quantitative estimate of drug-likeness (QED) is 0.787. The first-order valence-corrected chi connectivity index (χ1v) is 9.48. The number of allylic oxidation sites excluding steroid dienone is 2. The van der Waals surface area contributed by atoms with Gasteiger partial charge in [-0.2, -0.15) is 0 Å². The Kier molecular flexibility index (Phi) is 6.09. The maximum absolute atomic E-state index is 10.1. The highest BCUT2D eigenvalue weighted by molar-refractivity contribution is 5.51. The topological polar surface area (TPSA) is 51.2 Å². The molecule has 144 valence electrons. The Morgan fingerprint density at radius 3 is 2.65 bits per heavy atom. The molecule has 2 heterocycles. The molecule has 1 atom stereocenters. The fraction of sp³-hybridized carbons (Fsp3) is 0.619. The number of rotatable bonds is 6. The molecule has 5 nitrogen and oxygen atoms in total. The predicted molar refractivity (Wildman–Crippen MR) is 102 cm³/mol. The van der Waals surface area contributed by atoms with E-state index in [0.717, 1.165) is 61.7 Å². The molecule has 0 aliphatic carbocycles. The lowest BCUT2D eigenvalue weighted by atomic mass is 9.77. The Morgan fingerprint density at radius 2 is 2.00 bits per heavy atom. The van der Waals surface area contributed by atoms with Crippen molar-refractivity contribution >= 4 is 0 Å². The minimum atomic E-state index is -0.0451. The summed E-state index contributed by atoms with van der Waals surface area (Å²) in [5, 5.41) is 10.1. The number of ether oxygens (including phenoxy) is 3. The van der Waals surface area contributed by atoms with Crippen LogP contribution < -0.4 is 14.2 Å². The van der Waals surface area contributed by atoms with Gasteiger partial charge >= 0.3 is 0 Å². The molecule has 0 radical (unpaired) electrons. The van der Waals surface area contributed by atoms with E-state index in [4.69, 9.17) is 14.2 Å². The van der Waals surface area contributed by atoms with E-state index in [-0.39, 0.29) is 12.0 Å². The molecule has 5 heteroatoms. The molecule has 0 saturated carbocycles. The Hall–Kier alpha value is -1.72. The van der Waals surface area contributed by atoms with Crippen molar-refractivity contribution in [2.45, 2.75) is 39.7 Å². The van der Waals surface area contributed by atoms with Crippen molar-refractivity contribution in [3.63, 3.8) is 0 Å². The van der Waals surface area contributed by atoms with Crippen LogP contribution in [-0.2, 0) is 6.54 Å². The van der Waals surface area contributed by atoms with Crippen LogP contribution in [0.15, 0.2) is 23.8 Å². The lowest BCUT2D eigenvalue weighted by Gasteiger charge is -2.41. The van der Waals surface area contributed by atoms with Crippen LogP contribution in [0.3, 0.4) is 0 Å². The van der Waals surface area contributed by atoms with Crippen LogP contribution in [0.5, 0.6) is 17.2 Å². The van der Waals surface area contributed by atoms with E-state index in [1.165, 1.54) is 5.57 Å². The molecule has 0 amide bonds. The third-order valence-electron chi connectivity index (χ3n) is 5.36. The number of aliphatic hydroxyl groups excluding tert-OH is 1. The van der Waals surface area contributed by atoms with Gasteiger partial charge in [-0.25, -0.2) is 0 Å². The molecule has 2 aliphatic rings. The summed E-state index contributed by atoms with van der Waals surface area (Å²) in [5.74, 6) is 2.38. The van der Waals surface area contributed by atoms with Crippen LogP contribution in [0.2, 0.25) is 0 Å². The van der Waals surface area contributed by atoms with Gasteiger partial charge in [-0.1, -0.05) is 11.6 Å². The Bertz CT molecular complexity index is 654. The Labute approximate surface area is 156 Å². The van der Waals surface area contributed by atoms with Crippen molar-refractivity contribution < 1.29 is 19.3 Å². The largest absolute Gasteiger partial charge is 0.496 e. The minimum absolute atomic E-state index is 0.0451. The molecular weight excluding hydrogens is 330 g/mol. The summed E-state index contributed by atoms with van der Waals surface area (Å²) in [6.45, 7) is 8.34. The van der Waals surface area contributed by atoms with Gasteiger partial charge in [0.2, 0.25) is 0 Å². The number of nitrogens with zero attached hydrogens (tertiary/aromatic N) is 1. The molecule has 0 bridgehead atoms. The van der Waals surface area contributed by atoms with E-state index < -0.39 is 0 Å². The third-order valence-corrected chi connectivity index (χ3v) is 5.36. The van der Waals surface area contributed by atoms with Crippen molar-refractivity contribution in [3.8, 4) is 17.2 Å². The smallest absolute Gasteiger partial charge is 0.165 e. The van der Waals surface area contributed by atoms with Crippen LogP contribution in [0.25, 0.3) is 0 Å². The Balaban J connectivity index is 1.76. The van der Waals surface area contributed by atoms with Gasteiger partial charge in [0.1, 0.15) is 19.0 Å². The minimum Gasteiger partial charge on any atom is -0.496 e. The fourth-order valence-corrected chi connectivity index (χ4v) is 3.89. The standard InChI is InChI=1S/C21H31NO4/c1-16(2)5-7-21(15-23)6-4-8-22(14-21)13-17-11-19-20(12-18(17)24-3)26-10-9-25-19/h5,11-12,23H,4,6-10,13-15H2,1-3H3/t21-/m1/s1. The van der Waals surface area contributed by atoms with Crippen molar-refractivity contribution in [1.29, 1.82) is 0 Å². The summed E-state index contributed by atoms with van der Waals surface area (Å²) >= 11 is 0. The lowest BCUT2D eigenvalue weighted by molar-refractivity contribution is 0.0304. The lowest BCUT2D eigenvalue weighted by Crippen LogP contribution is -2.44. The SMILES string of the molecule is COc1cc2c(cc1CN1CCC[C@@](CO)(CC=C(C)C)C1)OCCO2. The summed E-state index contributed by atoms with van der Waals surface area (Å²) in [6.07, 6.45) is 5.36. The number of fused-ring (bicyclic) bond motifs is 1. The summed E-state index contributed by atoms with van der Waals surface area (Å²) in [7, 11) is 1.69. The maximum Gasteiger partial charge on any atom is 0.165 e. The molecule has 0 aromatic heterocycles. The average Bonchev–Trinajstić information content (AvgIpc) is 2.66. The fourth-order valence-electron chi connectivity index (χ4n) is 3.89. The molecular formula is C21H31NO4. The van der Waals surface area contributed by atoms with Crippen LogP contribution in [0, 0.1) is 5.41 Å². The summed E-state index contributed by atoms with van der Waals surface area (Å²) in [5.41, 5.74) is 2.37. The van der Waals surface area contributed by atoms with Gasteiger partial charge in [0, 0.05) is 30.1 Å². The zero-order valence-corrected chi connectivity index (χ0v) is 16.2. The van der Waals surface area contributed by atoms with E-state index in [1.807, 2.05) is 12.1 Å². The second kappa shape index (κ2) is 8.31. The molecule has 1 aromatic carbocycles.